The fourth-order valence-electron chi connectivity index (χ4n) is 4.99. The lowest BCUT2D eigenvalue weighted by Gasteiger charge is -2.32. The highest BCUT2D eigenvalue weighted by molar-refractivity contribution is 5.96. The monoisotopic (exact) mass is 589 g/mol. The number of allylic oxidation sites excluding steroid dienone is 3. The molecular weight excluding hydrogens is 538 g/mol. The number of likely N-dealkylation sites (N-methyl/N-ethyl adjacent to an activating group) is 1. The average molecular weight is 590 g/mol. The quantitative estimate of drug-likeness (QED) is 0.193. The number of hydrogen-bond acceptors (Lipinski definition) is 7. The van der Waals surface area contributed by atoms with Crippen LogP contribution in [-0.2, 0) is 16.1 Å². The van der Waals surface area contributed by atoms with Crippen molar-refractivity contribution < 1.29 is 9.59 Å². The van der Waals surface area contributed by atoms with Crippen molar-refractivity contribution in [3.63, 3.8) is 0 Å². The number of aromatic nitrogens is 2. The number of aryl methyl sites for hydroxylation is 1. The first kappa shape index (κ1) is 37.1. The van der Waals surface area contributed by atoms with Gasteiger partial charge in [-0.2, -0.15) is 5.26 Å². The highest BCUT2D eigenvalue weighted by atomic mass is 16.2. The van der Waals surface area contributed by atoms with Crippen LogP contribution in [-0.4, -0.2) is 78.4 Å². The normalized spacial score (nSPS) is 15.8. The maximum Gasteiger partial charge on any atom is 0.229 e. The third-order valence-electron chi connectivity index (χ3n) is 7.76. The van der Waals surface area contributed by atoms with Crippen molar-refractivity contribution in [2.24, 2.45) is 5.92 Å². The van der Waals surface area contributed by atoms with Gasteiger partial charge in [0.05, 0.1) is 17.1 Å². The van der Waals surface area contributed by atoms with Gasteiger partial charge in [-0.15, -0.1) is 19.4 Å². The van der Waals surface area contributed by atoms with Crippen LogP contribution in [0.15, 0.2) is 42.5 Å². The third-order valence-corrected chi connectivity index (χ3v) is 7.76. The van der Waals surface area contributed by atoms with Crippen LogP contribution in [0.4, 0.5) is 11.6 Å². The molecule has 1 saturated heterocycles. The predicted molar refractivity (Wildman–Crippen MR) is 178 cm³/mol. The van der Waals surface area contributed by atoms with E-state index in [1.54, 1.807) is 24.0 Å². The molecule has 1 aromatic heterocycles. The number of nitriles is 1. The van der Waals surface area contributed by atoms with E-state index in [9.17, 15) is 9.59 Å². The predicted octanol–water partition coefficient (Wildman–Crippen LogP) is 5.29. The molecule has 1 amide bonds. The van der Waals surface area contributed by atoms with E-state index >= 15 is 0 Å². The average Bonchev–Trinajstić information content (AvgIpc) is 3.37. The number of fused-ring (bicyclic) bond motifs is 1. The SMILES string of the molecule is C#C.C/C=C(\C)C#N.C=CCC=O.CN1CCN(CCCn2c(N)nc3cc(N(C)C(=O)C4CCCCC4)ccc32)CC1. The molecular formula is C34H51N7O2. The molecule has 2 fully saturated rings. The second-order valence-electron chi connectivity index (χ2n) is 10.8. The van der Waals surface area contributed by atoms with Crippen LogP contribution in [0.5, 0.6) is 0 Å². The van der Waals surface area contributed by atoms with E-state index < -0.39 is 0 Å². The number of nitrogen functional groups attached to an aromatic ring is 1. The number of imidazole rings is 1. The Bertz CT molecular complexity index is 1220. The molecule has 2 N–H and O–H groups in total. The number of terminal acetylenes is 1. The van der Waals surface area contributed by atoms with Gasteiger partial charge in [0.2, 0.25) is 11.9 Å². The van der Waals surface area contributed by atoms with Crippen LogP contribution in [0.2, 0.25) is 0 Å². The smallest absolute Gasteiger partial charge is 0.229 e. The molecule has 1 aliphatic heterocycles. The van der Waals surface area contributed by atoms with Crippen molar-refractivity contribution in [2.75, 3.05) is 57.5 Å². The molecule has 1 saturated carbocycles. The van der Waals surface area contributed by atoms with Gasteiger partial charge in [0, 0.05) is 63.4 Å². The van der Waals surface area contributed by atoms with Gasteiger partial charge in [0.1, 0.15) is 6.29 Å². The largest absolute Gasteiger partial charge is 0.369 e. The van der Waals surface area contributed by atoms with Gasteiger partial charge >= 0.3 is 0 Å². The number of hydrogen-bond donors (Lipinski definition) is 1. The first-order chi connectivity index (χ1) is 20.7. The van der Waals surface area contributed by atoms with Gasteiger partial charge in [-0.25, -0.2) is 4.98 Å². The standard InChI is InChI=1S/C23H36N6O.C5H7N.C4H6O.C2H2/c1-26-13-15-28(16-14-26)11-6-12-29-21-10-9-19(17-20(21)25-23(29)24)27(2)22(30)18-7-4-3-5-8-18;1-3-5(2)4-6;1-2-3-4-5;1-2/h9-10,17-18H,3-8,11-16H2,1-2H3,(H2,24,25);3H,1-2H3;2,4H,1,3H2;1-2H/b;5-3+;;. The van der Waals surface area contributed by atoms with E-state index in [1.807, 2.05) is 32.2 Å². The summed E-state index contributed by atoms with van der Waals surface area (Å²) in [5, 5.41) is 8.02. The second-order valence-corrected chi connectivity index (χ2v) is 10.8. The Balaban J connectivity index is 0.000000603. The molecule has 9 heteroatoms. The molecule has 0 atom stereocenters. The van der Waals surface area contributed by atoms with E-state index in [1.165, 1.54) is 19.3 Å². The zero-order valence-corrected chi connectivity index (χ0v) is 26.7. The van der Waals surface area contributed by atoms with Crippen molar-refractivity contribution in [1.29, 1.82) is 5.26 Å². The highest BCUT2D eigenvalue weighted by Crippen LogP contribution is 2.29. The van der Waals surface area contributed by atoms with Crippen LogP contribution in [0.3, 0.4) is 0 Å². The molecule has 4 rings (SSSR count). The number of nitrogens with two attached hydrogens (primary N) is 1. The Morgan fingerprint density at radius 2 is 1.84 bits per heavy atom. The number of anilines is 2. The summed E-state index contributed by atoms with van der Waals surface area (Å²) < 4.78 is 2.11. The Hall–Kier alpha value is -3.92. The minimum atomic E-state index is 0.164. The van der Waals surface area contributed by atoms with Gasteiger partial charge in [0.25, 0.3) is 0 Å². The van der Waals surface area contributed by atoms with E-state index in [4.69, 9.17) is 11.0 Å². The molecule has 9 nitrogen and oxygen atoms in total. The topological polar surface area (TPSA) is 111 Å². The molecule has 1 aromatic carbocycles. The van der Waals surface area contributed by atoms with Gasteiger partial charge in [-0.1, -0.05) is 31.4 Å². The molecule has 0 bridgehead atoms. The summed E-state index contributed by atoms with van der Waals surface area (Å²) in [6, 6.07) is 8.07. The van der Waals surface area contributed by atoms with Crippen molar-refractivity contribution in [1.82, 2.24) is 19.4 Å². The molecule has 234 valence electrons. The number of carbonyl (C=O) groups excluding carboxylic acids is 2. The van der Waals surface area contributed by atoms with E-state index in [0.29, 0.717) is 12.4 Å². The van der Waals surface area contributed by atoms with Crippen LogP contribution < -0.4 is 10.6 Å². The zero-order valence-electron chi connectivity index (χ0n) is 26.7. The number of amides is 1. The number of benzene rings is 1. The van der Waals surface area contributed by atoms with Crippen LogP contribution in [0.1, 0.15) is 58.8 Å². The van der Waals surface area contributed by atoms with E-state index in [2.05, 4.69) is 51.9 Å². The number of carbonyl (C=O) groups is 2. The fourth-order valence-corrected chi connectivity index (χ4v) is 4.99. The van der Waals surface area contributed by atoms with Crippen molar-refractivity contribution in [3.05, 3.63) is 42.5 Å². The van der Waals surface area contributed by atoms with E-state index in [0.717, 1.165) is 87.1 Å². The second kappa shape index (κ2) is 20.9. The van der Waals surface area contributed by atoms with Crippen LogP contribution in [0, 0.1) is 30.1 Å². The summed E-state index contributed by atoms with van der Waals surface area (Å²) >= 11 is 0. The maximum absolute atomic E-state index is 12.9. The molecule has 1 aliphatic carbocycles. The molecule has 2 aromatic rings. The van der Waals surface area contributed by atoms with Gasteiger partial charge in [0.15, 0.2) is 0 Å². The fraction of sp³-hybridized carbons (Fsp3) is 0.529. The zero-order chi connectivity index (χ0) is 32.2. The van der Waals surface area contributed by atoms with Crippen molar-refractivity contribution in [3.8, 4) is 18.9 Å². The minimum absolute atomic E-state index is 0.164. The summed E-state index contributed by atoms with van der Waals surface area (Å²) in [5.74, 6) is 0.951. The third kappa shape index (κ3) is 12.5. The van der Waals surface area contributed by atoms with Crippen molar-refractivity contribution >= 4 is 34.9 Å². The summed E-state index contributed by atoms with van der Waals surface area (Å²) in [6.07, 6.45) is 19.3. The van der Waals surface area contributed by atoms with Gasteiger partial charge in [-0.3, -0.25) is 4.79 Å². The molecule has 0 unspecified atom stereocenters. The minimum Gasteiger partial charge on any atom is -0.369 e. The first-order valence-electron chi connectivity index (χ1n) is 15.1. The molecule has 0 radical (unpaired) electrons. The lowest BCUT2D eigenvalue weighted by molar-refractivity contribution is -0.123. The summed E-state index contributed by atoms with van der Waals surface area (Å²) in [4.78, 5) is 33.5. The number of aldehydes is 1. The van der Waals surface area contributed by atoms with E-state index in [-0.39, 0.29) is 11.8 Å². The molecule has 0 spiro atoms. The molecule has 2 heterocycles. The Morgan fingerprint density at radius 3 is 2.35 bits per heavy atom. The summed E-state index contributed by atoms with van der Waals surface area (Å²) in [7, 11) is 4.07. The summed E-state index contributed by atoms with van der Waals surface area (Å²) in [5.41, 5.74) is 9.84. The van der Waals surface area contributed by atoms with Gasteiger partial charge < -0.3 is 29.8 Å². The molecule has 2 aliphatic rings. The Morgan fingerprint density at radius 1 is 1.19 bits per heavy atom. The number of nitrogens with zero attached hydrogens (tertiary/aromatic N) is 6. The first-order valence-corrected chi connectivity index (χ1v) is 15.1. The number of rotatable bonds is 8. The highest BCUT2D eigenvalue weighted by Gasteiger charge is 2.25. The lowest BCUT2D eigenvalue weighted by atomic mass is 9.88. The number of piperazine rings is 1. The summed E-state index contributed by atoms with van der Waals surface area (Å²) in [6.45, 7) is 13.5. The molecule has 43 heavy (non-hydrogen) atoms. The Labute approximate surface area is 259 Å². The lowest BCUT2D eigenvalue weighted by Crippen LogP contribution is -2.44. The Kier molecular flexibility index (Phi) is 18.0. The van der Waals surface area contributed by atoms with Crippen molar-refractivity contribution in [2.45, 2.75) is 65.3 Å². The van der Waals surface area contributed by atoms with Gasteiger partial charge in [-0.05, 0) is 64.9 Å². The van der Waals surface area contributed by atoms with Crippen LogP contribution >= 0.6 is 0 Å². The maximum atomic E-state index is 12.9. The van der Waals surface area contributed by atoms with Crippen LogP contribution in [0.25, 0.3) is 11.0 Å².